The molecule has 0 saturated carbocycles. The van der Waals surface area contributed by atoms with Gasteiger partial charge in [-0.15, -0.1) is 11.3 Å². The molecule has 6 heteroatoms. The lowest BCUT2D eigenvalue weighted by atomic mass is 10.0. The number of thiazole rings is 1. The average Bonchev–Trinajstić information content (AvgIpc) is 2.77. The fourth-order valence-corrected chi connectivity index (χ4v) is 2.66. The third-order valence-electron chi connectivity index (χ3n) is 2.83. The smallest absolute Gasteiger partial charge is 0.164 e. The Hall–Kier alpha value is -1.37. The monoisotopic (exact) mass is 269 g/mol. The lowest BCUT2D eigenvalue weighted by Crippen LogP contribution is -2.29. The molecule has 0 radical (unpaired) electrons. The quantitative estimate of drug-likeness (QED) is 0.665. The van der Waals surface area contributed by atoms with E-state index in [0.717, 1.165) is 10.6 Å². The van der Waals surface area contributed by atoms with Gasteiger partial charge in [0.2, 0.25) is 0 Å². The van der Waals surface area contributed by atoms with Crippen LogP contribution >= 0.6 is 11.3 Å². The molecule has 1 heterocycles. The highest BCUT2D eigenvalue weighted by Gasteiger charge is 2.22. The van der Waals surface area contributed by atoms with Crippen LogP contribution in [-0.2, 0) is 0 Å². The molecule has 0 fully saturated rings. The summed E-state index contributed by atoms with van der Waals surface area (Å²) in [4.78, 5) is 4.86. The van der Waals surface area contributed by atoms with Crippen LogP contribution in [0.5, 0.6) is 0 Å². The maximum Gasteiger partial charge on any atom is 0.164 e. The van der Waals surface area contributed by atoms with Gasteiger partial charge in [0.15, 0.2) is 11.6 Å². The van der Waals surface area contributed by atoms with E-state index in [2.05, 4.69) is 10.4 Å². The van der Waals surface area contributed by atoms with Crippen LogP contribution in [-0.4, -0.2) is 4.98 Å². The van der Waals surface area contributed by atoms with Crippen molar-refractivity contribution in [2.24, 2.45) is 5.84 Å². The summed E-state index contributed by atoms with van der Waals surface area (Å²) in [6.07, 6.45) is 0. The minimum Gasteiger partial charge on any atom is -0.271 e. The van der Waals surface area contributed by atoms with Crippen molar-refractivity contribution < 1.29 is 8.78 Å². The van der Waals surface area contributed by atoms with Gasteiger partial charge in [-0.3, -0.25) is 5.84 Å². The standard InChI is InChI=1S/C12H13F2N3S/c1-6-3-4-8(10(14)9(6)13)11(17-15)12-7(2)16-5-18-12/h3-5,11,17H,15H2,1-2H3. The van der Waals surface area contributed by atoms with Crippen LogP contribution in [0.4, 0.5) is 8.78 Å². The zero-order valence-corrected chi connectivity index (χ0v) is 10.8. The molecule has 0 amide bonds. The van der Waals surface area contributed by atoms with E-state index in [-0.39, 0.29) is 11.1 Å². The molecule has 2 aromatic rings. The number of nitrogens with two attached hydrogens (primary N) is 1. The molecule has 0 saturated heterocycles. The fourth-order valence-electron chi connectivity index (χ4n) is 1.78. The highest BCUT2D eigenvalue weighted by molar-refractivity contribution is 7.09. The van der Waals surface area contributed by atoms with E-state index < -0.39 is 17.7 Å². The number of halogens is 2. The molecule has 1 unspecified atom stereocenters. The molecule has 2 rings (SSSR count). The molecule has 3 N–H and O–H groups in total. The van der Waals surface area contributed by atoms with Gasteiger partial charge in [0.05, 0.1) is 22.1 Å². The molecule has 0 aliphatic carbocycles. The summed E-state index contributed by atoms with van der Waals surface area (Å²) >= 11 is 1.35. The van der Waals surface area contributed by atoms with Gasteiger partial charge in [-0.2, -0.15) is 0 Å². The van der Waals surface area contributed by atoms with Gasteiger partial charge in [-0.05, 0) is 19.4 Å². The van der Waals surface area contributed by atoms with Gasteiger partial charge >= 0.3 is 0 Å². The molecule has 1 atom stereocenters. The van der Waals surface area contributed by atoms with Crippen LogP contribution in [0, 0.1) is 25.5 Å². The summed E-state index contributed by atoms with van der Waals surface area (Å²) in [7, 11) is 0. The first-order valence-corrected chi connectivity index (χ1v) is 6.24. The number of nitrogens with one attached hydrogen (secondary N) is 1. The van der Waals surface area contributed by atoms with Gasteiger partial charge < -0.3 is 0 Å². The molecule has 0 bridgehead atoms. The van der Waals surface area contributed by atoms with E-state index in [9.17, 15) is 8.78 Å². The second kappa shape index (κ2) is 5.09. The zero-order valence-electron chi connectivity index (χ0n) is 10.00. The van der Waals surface area contributed by atoms with Gasteiger partial charge in [0.1, 0.15) is 0 Å². The molecule has 96 valence electrons. The van der Waals surface area contributed by atoms with Crippen LogP contribution in [0.1, 0.15) is 27.7 Å². The molecule has 1 aromatic carbocycles. The maximum absolute atomic E-state index is 13.9. The Morgan fingerprint density at radius 2 is 2.00 bits per heavy atom. The largest absolute Gasteiger partial charge is 0.271 e. The van der Waals surface area contributed by atoms with Gasteiger partial charge in [0.25, 0.3) is 0 Å². The molecular weight excluding hydrogens is 256 g/mol. The maximum atomic E-state index is 13.9. The van der Waals surface area contributed by atoms with Gasteiger partial charge in [0, 0.05) is 5.56 Å². The lowest BCUT2D eigenvalue weighted by Gasteiger charge is -2.17. The van der Waals surface area contributed by atoms with Crippen molar-refractivity contribution in [2.45, 2.75) is 19.9 Å². The minimum atomic E-state index is -0.870. The second-order valence-corrected chi connectivity index (χ2v) is 4.89. The van der Waals surface area contributed by atoms with Crippen molar-refractivity contribution in [1.29, 1.82) is 0 Å². The van der Waals surface area contributed by atoms with Crippen molar-refractivity contribution in [3.63, 3.8) is 0 Å². The number of aryl methyl sites for hydroxylation is 2. The Kier molecular flexibility index (Phi) is 3.70. The summed E-state index contributed by atoms with van der Waals surface area (Å²) < 4.78 is 27.5. The summed E-state index contributed by atoms with van der Waals surface area (Å²) in [5, 5.41) is 0. The van der Waals surface area contributed by atoms with Crippen LogP contribution in [0.2, 0.25) is 0 Å². The van der Waals surface area contributed by atoms with Crippen molar-refractivity contribution in [2.75, 3.05) is 0 Å². The van der Waals surface area contributed by atoms with E-state index in [1.807, 2.05) is 0 Å². The van der Waals surface area contributed by atoms with E-state index in [1.165, 1.54) is 30.4 Å². The normalized spacial score (nSPS) is 12.7. The minimum absolute atomic E-state index is 0.188. The molecule has 0 spiro atoms. The van der Waals surface area contributed by atoms with Crippen molar-refractivity contribution in [3.05, 3.63) is 51.0 Å². The summed E-state index contributed by atoms with van der Waals surface area (Å²) in [6, 6.07) is 2.49. The number of benzene rings is 1. The Balaban J connectivity index is 2.53. The third-order valence-corrected chi connectivity index (χ3v) is 3.82. The topological polar surface area (TPSA) is 50.9 Å². The number of hydrogen-bond acceptors (Lipinski definition) is 4. The molecule has 0 aliphatic heterocycles. The number of nitrogens with zero attached hydrogens (tertiary/aromatic N) is 1. The lowest BCUT2D eigenvalue weighted by molar-refractivity contribution is 0.479. The van der Waals surface area contributed by atoms with Gasteiger partial charge in [-0.25, -0.2) is 19.2 Å². The van der Waals surface area contributed by atoms with Crippen molar-refractivity contribution in [3.8, 4) is 0 Å². The summed E-state index contributed by atoms with van der Waals surface area (Å²) in [5.74, 6) is 3.75. The van der Waals surface area contributed by atoms with Crippen LogP contribution in [0.15, 0.2) is 17.6 Å². The van der Waals surface area contributed by atoms with Gasteiger partial charge in [-0.1, -0.05) is 12.1 Å². The molecule has 1 aromatic heterocycles. The van der Waals surface area contributed by atoms with Crippen LogP contribution < -0.4 is 11.3 Å². The molecule has 18 heavy (non-hydrogen) atoms. The SMILES string of the molecule is Cc1ccc(C(NN)c2scnc2C)c(F)c1F. The zero-order chi connectivity index (χ0) is 13.3. The first kappa shape index (κ1) is 13.1. The van der Waals surface area contributed by atoms with Crippen LogP contribution in [0.3, 0.4) is 0 Å². The molecular formula is C12H13F2N3S. The first-order valence-electron chi connectivity index (χ1n) is 5.36. The van der Waals surface area contributed by atoms with E-state index in [4.69, 9.17) is 5.84 Å². The molecule has 0 aliphatic rings. The van der Waals surface area contributed by atoms with E-state index in [0.29, 0.717) is 0 Å². The predicted octanol–water partition coefficient (Wildman–Crippen LogP) is 2.59. The average molecular weight is 269 g/mol. The van der Waals surface area contributed by atoms with Crippen molar-refractivity contribution >= 4 is 11.3 Å². The number of hydrazine groups is 1. The number of hydrogen-bond donors (Lipinski definition) is 2. The molecule has 3 nitrogen and oxygen atoms in total. The highest BCUT2D eigenvalue weighted by Crippen LogP contribution is 2.30. The Morgan fingerprint density at radius 3 is 2.56 bits per heavy atom. The summed E-state index contributed by atoms with van der Waals surface area (Å²) in [6.45, 7) is 3.32. The Morgan fingerprint density at radius 1 is 1.28 bits per heavy atom. The Bertz CT molecular complexity index is 568. The van der Waals surface area contributed by atoms with E-state index >= 15 is 0 Å². The van der Waals surface area contributed by atoms with Crippen LogP contribution in [0.25, 0.3) is 0 Å². The number of rotatable bonds is 3. The third kappa shape index (κ3) is 2.14. The van der Waals surface area contributed by atoms with E-state index in [1.54, 1.807) is 12.4 Å². The van der Waals surface area contributed by atoms with Crippen molar-refractivity contribution in [1.82, 2.24) is 10.4 Å². The predicted molar refractivity (Wildman–Crippen MR) is 67.1 cm³/mol. The second-order valence-electron chi connectivity index (χ2n) is 4.00. The highest BCUT2D eigenvalue weighted by atomic mass is 32.1. The summed E-state index contributed by atoms with van der Waals surface area (Å²) in [5.41, 5.74) is 5.38. The Labute approximate surface area is 108 Å². The fraction of sp³-hybridized carbons (Fsp3) is 0.250. The first-order chi connectivity index (χ1) is 8.56. The number of aromatic nitrogens is 1.